The summed E-state index contributed by atoms with van der Waals surface area (Å²) in [5.41, 5.74) is 1.92. The van der Waals surface area contributed by atoms with Gasteiger partial charge in [-0.2, -0.15) is 0 Å². The summed E-state index contributed by atoms with van der Waals surface area (Å²) in [6.45, 7) is 7.01. The molecule has 0 radical (unpaired) electrons. The highest BCUT2D eigenvalue weighted by Gasteiger charge is 2.25. The van der Waals surface area contributed by atoms with Gasteiger partial charge in [0.15, 0.2) is 0 Å². The molecule has 2 rings (SSSR count). The summed E-state index contributed by atoms with van der Waals surface area (Å²) in [5, 5.41) is 3.74. The molecular weight excluding hydrogens is 216 g/mol. The minimum absolute atomic E-state index is 0.457. The predicted octanol–water partition coefficient (Wildman–Crippen LogP) is 3.62. The maximum atomic E-state index is 4.14. The van der Waals surface area contributed by atoms with Crippen molar-refractivity contribution in [3.63, 3.8) is 0 Å². The fourth-order valence-electron chi connectivity index (χ4n) is 2.57. The quantitative estimate of drug-likeness (QED) is 0.870. The largest absolute Gasteiger partial charge is 0.307 e. The zero-order chi connectivity index (χ0) is 11.5. The molecule has 1 aromatic rings. The molecule has 1 heterocycles. The third-order valence-corrected chi connectivity index (χ3v) is 4.92. The molecular formula is C13H22N2S. The van der Waals surface area contributed by atoms with Crippen molar-refractivity contribution in [2.45, 2.75) is 52.1 Å². The van der Waals surface area contributed by atoms with E-state index in [1.165, 1.54) is 24.1 Å². The van der Waals surface area contributed by atoms with Crippen LogP contribution in [0.2, 0.25) is 0 Å². The molecule has 3 heteroatoms. The van der Waals surface area contributed by atoms with Gasteiger partial charge in [0.2, 0.25) is 0 Å². The second-order valence-electron chi connectivity index (χ2n) is 5.26. The highest BCUT2D eigenvalue weighted by atomic mass is 32.1. The van der Waals surface area contributed by atoms with Crippen LogP contribution < -0.4 is 5.32 Å². The van der Waals surface area contributed by atoms with E-state index in [9.17, 15) is 0 Å². The third-order valence-electron chi connectivity index (χ3n) is 3.96. The van der Waals surface area contributed by atoms with Gasteiger partial charge in [-0.25, -0.2) is 0 Å². The number of aromatic nitrogens is 1. The summed E-state index contributed by atoms with van der Waals surface area (Å²) in [4.78, 5) is 5.49. The summed E-state index contributed by atoms with van der Waals surface area (Å²) in [7, 11) is 0. The standard InChI is InChI=1S/C13H22N2S/c1-9-4-5-12(6-10(9)2)15-11(3)13-7-14-8-16-13/h7-12,15H,4-6H2,1-3H3. The molecule has 0 spiro atoms. The first-order valence-corrected chi connectivity index (χ1v) is 7.19. The topological polar surface area (TPSA) is 24.9 Å². The molecule has 0 saturated heterocycles. The van der Waals surface area contributed by atoms with Crippen molar-refractivity contribution in [1.82, 2.24) is 10.3 Å². The van der Waals surface area contributed by atoms with Crippen LogP contribution >= 0.6 is 11.3 Å². The van der Waals surface area contributed by atoms with Gasteiger partial charge < -0.3 is 5.32 Å². The molecule has 1 N–H and O–H groups in total. The molecule has 2 nitrogen and oxygen atoms in total. The molecule has 0 amide bonds. The van der Waals surface area contributed by atoms with Gasteiger partial charge in [0.1, 0.15) is 0 Å². The monoisotopic (exact) mass is 238 g/mol. The highest BCUT2D eigenvalue weighted by Crippen LogP contribution is 2.30. The first-order valence-electron chi connectivity index (χ1n) is 6.31. The Hall–Kier alpha value is -0.410. The van der Waals surface area contributed by atoms with Crippen molar-refractivity contribution in [3.05, 3.63) is 16.6 Å². The van der Waals surface area contributed by atoms with E-state index in [2.05, 4.69) is 31.1 Å². The van der Waals surface area contributed by atoms with E-state index >= 15 is 0 Å². The third kappa shape index (κ3) is 2.83. The maximum Gasteiger partial charge on any atom is 0.0794 e. The Labute approximate surface area is 102 Å². The molecule has 4 atom stereocenters. The number of hydrogen-bond acceptors (Lipinski definition) is 3. The van der Waals surface area contributed by atoms with Crippen LogP contribution in [-0.2, 0) is 0 Å². The Kier molecular flexibility index (Phi) is 3.98. The second-order valence-corrected chi connectivity index (χ2v) is 6.17. The zero-order valence-corrected chi connectivity index (χ0v) is 11.3. The number of nitrogens with zero attached hydrogens (tertiary/aromatic N) is 1. The van der Waals surface area contributed by atoms with Crippen molar-refractivity contribution >= 4 is 11.3 Å². The van der Waals surface area contributed by atoms with Crippen LogP contribution in [0.25, 0.3) is 0 Å². The summed E-state index contributed by atoms with van der Waals surface area (Å²) in [5.74, 6) is 1.76. The van der Waals surface area contributed by atoms with Crippen LogP contribution in [0.1, 0.15) is 51.0 Å². The minimum atomic E-state index is 0.457. The van der Waals surface area contributed by atoms with Crippen LogP contribution in [0.4, 0.5) is 0 Å². The molecule has 1 aliphatic rings. The molecule has 0 aliphatic heterocycles. The van der Waals surface area contributed by atoms with Crippen LogP contribution in [-0.4, -0.2) is 11.0 Å². The number of nitrogens with one attached hydrogen (secondary N) is 1. The minimum Gasteiger partial charge on any atom is -0.307 e. The molecule has 4 unspecified atom stereocenters. The Bertz CT molecular complexity index is 310. The van der Waals surface area contributed by atoms with E-state index in [0.29, 0.717) is 12.1 Å². The lowest BCUT2D eigenvalue weighted by Crippen LogP contribution is -2.37. The summed E-state index contributed by atoms with van der Waals surface area (Å²) in [6.07, 6.45) is 6.00. The van der Waals surface area contributed by atoms with Crippen molar-refractivity contribution < 1.29 is 0 Å². The predicted molar refractivity (Wildman–Crippen MR) is 69.6 cm³/mol. The molecule has 1 fully saturated rings. The Morgan fingerprint density at radius 2 is 2.19 bits per heavy atom. The average molecular weight is 238 g/mol. The van der Waals surface area contributed by atoms with E-state index in [1.54, 1.807) is 11.3 Å². The van der Waals surface area contributed by atoms with Gasteiger partial charge in [-0.05, 0) is 38.0 Å². The Morgan fingerprint density at radius 1 is 1.38 bits per heavy atom. The Balaban J connectivity index is 1.86. The lowest BCUT2D eigenvalue weighted by atomic mass is 9.79. The van der Waals surface area contributed by atoms with Gasteiger partial charge in [0, 0.05) is 23.2 Å². The first kappa shape index (κ1) is 12.1. The number of thiazole rings is 1. The average Bonchev–Trinajstić information content (AvgIpc) is 2.77. The van der Waals surface area contributed by atoms with Crippen LogP contribution in [0.15, 0.2) is 11.7 Å². The van der Waals surface area contributed by atoms with Gasteiger partial charge in [0.25, 0.3) is 0 Å². The molecule has 0 aromatic carbocycles. The van der Waals surface area contributed by atoms with Crippen molar-refractivity contribution in [2.24, 2.45) is 11.8 Å². The molecule has 90 valence electrons. The maximum absolute atomic E-state index is 4.14. The number of hydrogen-bond donors (Lipinski definition) is 1. The molecule has 0 bridgehead atoms. The lowest BCUT2D eigenvalue weighted by molar-refractivity contribution is 0.218. The van der Waals surface area contributed by atoms with E-state index in [-0.39, 0.29) is 0 Å². The van der Waals surface area contributed by atoms with E-state index in [0.717, 1.165) is 11.8 Å². The fraction of sp³-hybridized carbons (Fsp3) is 0.769. The summed E-state index contributed by atoms with van der Waals surface area (Å²) in [6, 6.07) is 1.15. The summed E-state index contributed by atoms with van der Waals surface area (Å²) < 4.78 is 0. The van der Waals surface area contributed by atoms with E-state index in [4.69, 9.17) is 0 Å². The van der Waals surface area contributed by atoms with Gasteiger partial charge in [-0.15, -0.1) is 11.3 Å². The van der Waals surface area contributed by atoms with E-state index in [1.807, 2.05) is 11.7 Å². The Morgan fingerprint density at radius 3 is 2.81 bits per heavy atom. The van der Waals surface area contributed by atoms with Gasteiger partial charge in [-0.1, -0.05) is 13.8 Å². The van der Waals surface area contributed by atoms with Crippen LogP contribution in [0.5, 0.6) is 0 Å². The van der Waals surface area contributed by atoms with Crippen LogP contribution in [0, 0.1) is 11.8 Å². The smallest absolute Gasteiger partial charge is 0.0794 e. The van der Waals surface area contributed by atoms with Crippen LogP contribution in [0.3, 0.4) is 0 Å². The second kappa shape index (κ2) is 5.28. The molecule has 1 saturated carbocycles. The van der Waals surface area contributed by atoms with Gasteiger partial charge in [-0.3, -0.25) is 4.98 Å². The van der Waals surface area contributed by atoms with Crippen molar-refractivity contribution in [2.75, 3.05) is 0 Å². The molecule has 1 aliphatic carbocycles. The normalized spacial score (nSPS) is 32.6. The van der Waals surface area contributed by atoms with E-state index < -0.39 is 0 Å². The summed E-state index contributed by atoms with van der Waals surface area (Å²) >= 11 is 1.75. The van der Waals surface area contributed by atoms with Gasteiger partial charge in [0.05, 0.1) is 5.51 Å². The SMILES string of the molecule is CC(NC1CCC(C)C(C)C1)c1cncs1. The van der Waals surface area contributed by atoms with Crippen molar-refractivity contribution in [1.29, 1.82) is 0 Å². The lowest BCUT2D eigenvalue weighted by Gasteiger charge is -2.34. The molecule has 1 aromatic heterocycles. The van der Waals surface area contributed by atoms with Gasteiger partial charge >= 0.3 is 0 Å². The molecule has 16 heavy (non-hydrogen) atoms. The fourth-order valence-corrected chi connectivity index (χ4v) is 3.21. The van der Waals surface area contributed by atoms with Crippen molar-refractivity contribution in [3.8, 4) is 0 Å². The zero-order valence-electron chi connectivity index (χ0n) is 10.4. The first-order chi connectivity index (χ1) is 7.66. The number of rotatable bonds is 3. The highest BCUT2D eigenvalue weighted by molar-refractivity contribution is 7.09.